The highest BCUT2D eigenvalue weighted by Crippen LogP contribution is 2.45. The second-order valence-corrected chi connectivity index (χ2v) is 4.21. The molecule has 2 unspecified atom stereocenters. The van der Waals surface area contributed by atoms with E-state index in [-0.39, 0.29) is 12.1 Å². The first-order valence-corrected chi connectivity index (χ1v) is 5.89. The Hall–Kier alpha value is -1.42. The van der Waals surface area contributed by atoms with Crippen LogP contribution in [0.5, 0.6) is 17.2 Å². The monoisotopic (exact) mass is 237 g/mol. The zero-order chi connectivity index (χ0) is 12.4. The smallest absolute Gasteiger partial charge is 0.132 e. The van der Waals surface area contributed by atoms with Gasteiger partial charge in [0.2, 0.25) is 0 Å². The number of nitrogens with two attached hydrogens (primary N) is 1. The van der Waals surface area contributed by atoms with Crippen molar-refractivity contribution in [2.45, 2.75) is 31.9 Å². The fourth-order valence-electron chi connectivity index (χ4n) is 2.24. The summed E-state index contributed by atoms with van der Waals surface area (Å²) in [5.74, 6) is 2.25. The number of hydrogen-bond acceptors (Lipinski definition) is 4. The molecule has 0 bridgehead atoms. The molecular formula is C13H19NO3. The molecule has 0 saturated heterocycles. The molecule has 0 aromatic heterocycles. The molecule has 0 radical (unpaired) electrons. The summed E-state index contributed by atoms with van der Waals surface area (Å²) in [4.78, 5) is 0. The molecule has 1 aromatic rings. The highest BCUT2D eigenvalue weighted by Gasteiger charge is 2.34. The molecule has 1 heterocycles. The largest absolute Gasteiger partial charge is 0.496 e. The lowest BCUT2D eigenvalue weighted by Crippen LogP contribution is -2.25. The number of hydrogen-bond donors (Lipinski definition) is 1. The van der Waals surface area contributed by atoms with Crippen molar-refractivity contribution in [3.63, 3.8) is 0 Å². The van der Waals surface area contributed by atoms with Gasteiger partial charge in [-0.3, -0.25) is 0 Å². The number of ether oxygens (including phenoxy) is 3. The molecule has 2 rings (SSSR count). The molecule has 0 amide bonds. The van der Waals surface area contributed by atoms with Crippen LogP contribution < -0.4 is 19.9 Å². The van der Waals surface area contributed by atoms with Gasteiger partial charge in [-0.15, -0.1) is 0 Å². The second-order valence-electron chi connectivity index (χ2n) is 4.21. The standard InChI is InChI=1S/C13H19NO3/c1-4-5-9-13(14)12-10(16-3)6-8(15-2)7-11(12)17-9/h6-7,9,13H,4-5,14H2,1-3H3. The Bertz CT molecular complexity index is 406. The van der Waals surface area contributed by atoms with E-state index >= 15 is 0 Å². The van der Waals surface area contributed by atoms with Gasteiger partial charge in [-0.2, -0.15) is 0 Å². The van der Waals surface area contributed by atoms with Crippen molar-refractivity contribution < 1.29 is 14.2 Å². The minimum Gasteiger partial charge on any atom is -0.496 e. The zero-order valence-corrected chi connectivity index (χ0v) is 10.5. The first-order chi connectivity index (χ1) is 8.21. The fourth-order valence-corrected chi connectivity index (χ4v) is 2.24. The van der Waals surface area contributed by atoms with Gasteiger partial charge >= 0.3 is 0 Å². The molecule has 17 heavy (non-hydrogen) atoms. The molecular weight excluding hydrogens is 218 g/mol. The topological polar surface area (TPSA) is 53.7 Å². The van der Waals surface area contributed by atoms with Gasteiger partial charge in [0.05, 0.1) is 25.8 Å². The third-order valence-corrected chi connectivity index (χ3v) is 3.12. The molecule has 4 heteroatoms. The predicted molar refractivity (Wildman–Crippen MR) is 65.8 cm³/mol. The van der Waals surface area contributed by atoms with Gasteiger partial charge in [-0.1, -0.05) is 13.3 Å². The van der Waals surface area contributed by atoms with Crippen molar-refractivity contribution in [1.82, 2.24) is 0 Å². The number of rotatable bonds is 4. The van der Waals surface area contributed by atoms with Gasteiger partial charge in [0, 0.05) is 12.1 Å². The Morgan fingerprint density at radius 3 is 2.65 bits per heavy atom. The first-order valence-electron chi connectivity index (χ1n) is 5.89. The van der Waals surface area contributed by atoms with E-state index in [0.29, 0.717) is 0 Å². The second kappa shape index (κ2) is 4.84. The van der Waals surface area contributed by atoms with Gasteiger partial charge in [0.15, 0.2) is 0 Å². The van der Waals surface area contributed by atoms with E-state index < -0.39 is 0 Å². The van der Waals surface area contributed by atoms with Crippen molar-refractivity contribution >= 4 is 0 Å². The van der Waals surface area contributed by atoms with Crippen LogP contribution >= 0.6 is 0 Å². The van der Waals surface area contributed by atoms with Crippen molar-refractivity contribution in [3.8, 4) is 17.2 Å². The maximum atomic E-state index is 6.20. The number of methoxy groups -OCH3 is 2. The van der Waals surface area contributed by atoms with E-state index in [1.54, 1.807) is 14.2 Å². The number of benzene rings is 1. The lowest BCUT2D eigenvalue weighted by atomic mass is 10.0. The first kappa shape index (κ1) is 12.0. The quantitative estimate of drug-likeness (QED) is 0.872. The van der Waals surface area contributed by atoms with Crippen LogP contribution in [0.3, 0.4) is 0 Å². The molecule has 0 aliphatic carbocycles. The van der Waals surface area contributed by atoms with Crippen LogP contribution in [0.15, 0.2) is 12.1 Å². The lowest BCUT2D eigenvalue weighted by molar-refractivity contribution is 0.194. The Morgan fingerprint density at radius 2 is 2.06 bits per heavy atom. The average Bonchev–Trinajstić information content (AvgIpc) is 2.66. The molecule has 2 N–H and O–H groups in total. The maximum Gasteiger partial charge on any atom is 0.132 e. The van der Waals surface area contributed by atoms with Gasteiger partial charge in [0.1, 0.15) is 23.4 Å². The summed E-state index contributed by atoms with van der Waals surface area (Å²) in [6.07, 6.45) is 2.03. The molecule has 0 spiro atoms. The summed E-state index contributed by atoms with van der Waals surface area (Å²) in [6, 6.07) is 3.59. The fraction of sp³-hybridized carbons (Fsp3) is 0.538. The molecule has 1 aliphatic rings. The van der Waals surface area contributed by atoms with Gasteiger partial charge in [-0.05, 0) is 6.42 Å². The van der Waals surface area contributed by atoms with Crippen LogP contribution in [0.4, 0.5) is 0 Å². The molecule has 1 aromatic carbocycles. The zero-order valence-electron chi connectivity index (χ0n) is 10.5. The normalized spacial score (nSPS) is 21.9. The molecule has 94 valence electrons. The van der Waals surface area contributed by atoms with E-state index in [9.17, 15) is 0 Å². The van der Waals surface area contributed by atoms with Gasteiger partial charge in [0.25, 0.3) is 0 Å². The third-order valence-electron chi connectivity index (χ3n) is 3.12. The molecule has 2 atom stereocenters. The molecule has 0 saturated carbocycles. The average molecular weight is 237 g/mol. The maximum absolute atomic E-state index is 6.20. The highest BCUT2D eigenvalue weighted by atomic mass is 16.5. The minimum atomic E-state index is -0.120. The van der Waals surface area contributed by atoms with E-state index in [1.807, 2.05) is 12.1 Å². The minimum absolute atomic E-state index is 0.0380. The van der Waals surface area contributed by atoms with Crippen LogP contribution in [0.1, 0.15) is 31.4 Å². The lowest BCUT2D eigenvalue weighted by Gasteiger charge is -2.14. The van der Waals surface area contributed by atoms with Crippen LogP contribution in [-0.4, -0.2) is 20.3 Å². The van der Waals surface area contributed by atoms with Crippen molar-refractivity contribution in [2.75, 3.05) is 14.2 Å². The summed E-state index contributed by atoms with van der Waals surface area (Å²) >= 11 is 0. The van der Waals surface area contributed by atoms with Gasteiger partial charge < -0.3 is 19.9 Å². The van der Waals surface area contributed by atoms with Crippen molar-refractivity contribution in [1.29, 1.82) is 0 Å². The van der Waals surface area contributed by atoms with Crippen LogP contribution in [-0.2, 0) is 0 Å². The van der Waals surface area contributed by atoms with E-state index in [2.05, 4.69) is 6.92 Å². The summed E-state index contributed by atoms with van der Waals surface area (Å²) in [7, 11) is 3.26. The van der Waals surface area contributed by atoms with E-state index in [4.69, 9.17) is 19.9 Å². The SMILES string of the molecule is CCCC1Oc2cc(OC)cc(OC)c2C1N. The Balaban J connectivity index is 2.39. The summed E-state index contributed by atoms with van der Waals surface area (Å²) < 4.78 is 16.4. The van der Waals surface area contributed by atoms with Crippen molar-refractivity contribution in [3.05, 3.63) is 17.7 Å². The van der Waals surface area contributed by atoms with Crippen LogP contribution in [0.2, 0.25) is 0 Å². The van der Waals surface area contributed by atoms with E-state index in [0.717, 1.165) is 35.7 Å². The van der Waals surface area contributed by atoms with Gasteiger partial charge in [-0.25, -0.2) is 0 Å². The van der Waals surface area contributed by atoms with Crippen molar-refractivity contribution in [2.24, 2.45) is 5.73 Å². The molecule has 1 aliphatic heterocycles. The summed E-state index contributed by atoms with van der Waals surface area (Å²) in [6.45, 7) is 2.12. The summed E-state index contributed by atoms with van der Waals surface area (Å²) in [5.41, 5.74) is 7.15. The Morgan fingerprint density at radius 1 is 1.29 bits per heavy atom. The Kier molecular flexibility index (Phi) is 3.43. The van der Waals surface area contributed by atoms with Crippen LogP contribution in [0, 0.1) is 0 Å². The summed E-state index contributed by atoms with van der Waals surface area (Å²) in [5, 5.41) is 0. The molecule has 4 nitrogen and oxygen atoms in total. The van der Waals surface area contributed by atoms with E-state index in [1.165, 1.54) is 0 Å². The van der Waals surface area contributed by atoms with Crippen LogP contribution in [0.25, 0.3) is 0 Å². The predicted octanol–water partition coefficient (Wildman–Crippen LogP) is 2.26. The Labute approximate surface area is 102 Å². The third kappa shape index (κ3) is 2.05. The number of fused-ring (bicyclic) bond motifs is 1. The highest BCUT2D eigenvalue weighted by molar-refractivity contribution is 5.54. The molecule has 0 fully saturated rings.